The quantitative estimate of drug-likeness (QED) is 0.771. The maximum atomic E-state index is 6.01. The molecule has 1 aromatic rings. The summed E-state index contributed by atoms with van der Waals surface area (Å²) >= 11 is 0. The topological polar surface area (TPSA) is 47.1 Å². The summed E-state index contributed by atoms with van der Waals surface area (Å²) in [6.07, 6.45) is 5.55. The van der Waals surface area contributed by atoms with E-state index < -0.39 is 0 Å². The van der Waals surface area contributed by atoms with Gasteiger partial charge in [-0.3, -0.25) is 9.58 Å². The molecule has 0 aliphatic heterocycles. The summed E-state index contributed by atoms with van der Waals surface area (Å²) in [4.78, 5) is 2.47. The molecular formula is C14H28N4. The zero-order valence-corrected chi connectivity index (χ0v) is 12.3. The summed E-state index contributed by atoms with van der Waals surface area (Å²) in [5.41, 5.74) is 8.50. The van der Waals surface area contributed by atoms with Crippen LogP contribution in [0, 0.1) is 0 Å². The molecule has 18 heavy (non-hydrogen) atoms. The van der Waals surface area contributed by atoms with Crippen molar-refractivity contribution in [2.24, 2.45) is 12.8 Å². The van der Waals surface area contributed by atoms with Gasteiger partial charge in [-0.2, -0.15) is 5.10 Å². The van der Waals surface area contributed by atoms with Crippen molar-refractivity contribution in [3.63, 3.8) is 0 Å². The monoisotopic (exact) mass is 252 g/mol. The molecule has 104 valence electrons. The number of nitrogens with two attached hydrogens (primary N) is 1. The Balaban J connectivity index is 2.91. The zero-order chi connectivity index (χ0) is 13.5. The highest BCUT2D eigenvalue weighted by Crippen LogP contribution is 2.23. The Hall–Kier alpha value is -0.870. The standard InChI is InChI=1S/C14H28N4/c1-5-8-9-18(7-3)14(10-15)12-11-17(4)16-13(12)6-2/h11,14H,5-10,15H2,1-4H3. The summed E-state index contributed by atoms with van der Waals surface area (Å²) in [6, 6.07) is 0.310. The van der Waals surface area contributed by atoms with Crippen LogP contribution in [-0.2, 0) is 13.5 Å². The van der Waals surface area contributed by atoms with Gasteiger partial charge in [-0.15, -0.1) is 0 Å². The fourth-order valence-electron chi connectivity index (χ4n) is 2.47. The van der Waals surface area contributed by atoms with Crippen LogP contribution in [0.5, 0.6) is 0 Å². The number of aryl methyl sites for hydroxylation is 2. The van der Waals surface area contributed by atoms with E-state index in [9.17, 15) is 0 Å². The second-order valence-corrected chi connectivity index (χ2v) is 4.79. The molecule has 0 bridgehead atoms. The third kappa shape index (κ3) is 3.56. The number of unbranched alkanes of at least 4 members (excludes halogenated alkanes) is 1. The molecule has 1 rings (SSSR count). The van der Waals surface area contributed by atoms with Crippen LogP contribution in [0.3, 0.4) is 0 Å². The number of rotatable bonds is 8. The Morgan fingerprint density at radius 2 is 2.11 bits per heavy atom. The molecule has 4 heteroatoms. The molecule has 0 spiro atoms. The van der Waals surface area contributed by atoms with Crippen LogP contribution in [0.2, 0.25) is 0 Å². The summed E-state index contributed by atoms with van der Waals surface area (Å²) in [6.45, 7) is 9.41. The SMILES string of the molecule is CCCCN(CC)C(CN)c1cn(C)nc1CC. The third-order valence-corrected chi connectivity index (χ3v) is 3.50. The molecule has 0 aliphatic rings. The van der Waals surface area contributed by atoms with Gasteiger partial charge in [0, 0.05) is 25.4 Å². The number of hydrogen-bond acceptors (Lipinski definition) is 3. The molecule has 0 aromatic carbocycles. The molecule has 1 heterocycles. The van der Waals surface area contributed by atoms with Gasteiger partial charge in [0.1, 0.15) is 0 Å². The molecule has 0 radical (unpaired) electrons. The normalized spacial score (nSPS) is 13.2. The van der Waals surface area contributed by atoms with Crippen molar-refractivity contribution in [3.8, 4) is 0 Å². The molecule has 2 N–H and O–H groups in total. The molecule has 0 saturated heterocycles. The molecule has 0 amide bonds. The van der Waals surface area contributed by atoms with E-state index in [-0.39, 0.29) is 0 Å². The number of likely N-dealkylation sites (N-methyl/N-ethyl adjacent to an activating group) is 1. The van der Waals surface area contributed by atoms with Gasteiger partial charge in [0.2, 0.25) is 0 Å². The van der Waals surface area contributed by atoms with Crippen LogP contribution in [0.4, 0.5) is 0 Å². The predicted octanol–water partition coefficient (Wildman–Crippen LogP) is 2.10. The Bertz CT molecular complexity index is 346. The molecule has 1 aromatic heterocycles. The molecular weight excluding hydrogens is 224 g/mol. The van der Waals surface area contributed by atoms with Crippen LogP contribution in [0.25, 0.3) is 0 Å². The smallest absolute Gasteiger partial charge is 0.0670 e. The van der Waals surface area contributed by atoms with Crippen LogP contribution in [-0.4, -0.2) is 34.3 Å². The largest absolute Gasteiger partial charge is 0.329 e. The second-order valence-electron chi connectivity index (χ2n) is 4.79. The van der Waals surface area contributed by atoms with E-state index >= 15 is 0 Å². The minimum atomic E-state index is 0.310. The van der Waals surface area contributed by atoms with E-state index in [2.05, 4.69) is 37.0 Å². The van der Waals surface area contributed by atoms with Crippen LogP contribution in [0.15, 0.2) is 6.20 Å². The molecule has 0 saturated carbocycles. The molecule has 4 nitrogen and oxygen atoms in total. The van der Waals surface area contributed by atoms with Crippen LogP contribution >= 0.6 is 0 Å². The van der Waals surface area contributed by atoms with Crippen LogP contribution < -0.4 is 5.73 Å². The average molecular weight is 252 g/mol. The van der Waals surface area contributed by atoms with Gasteiger partial charge >= 0.3 is 0 Å². The number of nitrogens with zero attached hydrogens (tertiary/aromatic N) is 3. The molecule has 0 fully saturated rings. The van der Waals surface area contributed by atoms with E-state index in [1.165, 1.54) is 24.1 Å². The number of hydrogen-bond donors (Lipinski definition) is 1. The van der Waals surface area contributed by atoms with E-state index in [0.717, 1.165) is 19.5 Å². The summed E-state index contributed by atoms with van der Waals surface area (Å²) < 4.78 is 1.91. The first-order valence-corrected chi connectivity index (χ1v) is 7.14. The highest BCUT2D eigenvalue weighted by atomic mass is 15.3. The summed E-state index contributed by atoms with van der Waals surface area (Å²) in [5.74, 6) is 0. The van der Waals surface area contributed by atoms with Gasteiger partial charge in [0.15, 0.2) is 0 Å². The zero-order valence-electron chi connectivity index (χ0n) is 12.3. The lowest BCUT2D eigenvalue weighted by Crippen LogP contribution is -2.34. The lowest BCUT2D eigenvalue weighted by atomic mass is 10.0. The van der Waals surface area contributed by atoms with Crippen molar-refractivity contribution < 1.29 is 0 Å². The van der Waals surface area contributed by atoms with Crippen molar-refractivity contribution in [1.29, 1.82) is 0 Å². The fraction of sp³-hybridized carbons (Fsp3) is 0.786. The van der Waals surface area contributed by atoms with Gasteiger partial charge in [-0.05, 0) is 25.9 Å². The lowest BCUT2D eigenvalue weighted by molar-refractivity contribution is 0.208. The van der Waals surface area contributed by atoms with E-state index in [1.54, 1.807) is 0 Å². The van der Waals surface area contributed by atoms with Gasteiger partial charge in [0.25, 0.3) is 0 Å². The third-order valence-electron chi connectivity index (χ3n) is 3.50. The predicted molar refractivity (Wildman–Crippen MR) is 76.5 cm³/mol. The summed E-state index contributed by atoms with van der Waals surface area (Å²) in [7, 11) is 1.98. The second kappa shape index (κ2) is 7.54. The number of aromatic nitrogens is 2. The Labute approximate surface area is 111 Å². The lowest BCUT2D eigenvalue weighted by Gasteiger charge is -2.29. The van der Waals surface area contributed by atoms with Gasteiger partial charge in [-0.25, -0.2) is 0 Å². The maximum Gasteiger partial charge on any atom is 0.0670 e. The Kier molecular flexibility index (Phi) is 6.36. The van der Waals surface area contributed by atoms with E-state index in [0.29, 0.717) is 12.6 Å². The first-order chi connectivity index (χ1) is 8.67. The minimum Gasteiger partial charge on any atom is -0.329 e. The van der Waals surface area contributed by atoms with Gasteiger partial charge in [0.05, 0.1) is 11.7 Å². The minimum absolute atomic E-state index is 0.310. The van der Waals surface area contributed by atoms with Crippen molar-refractivity contribution >= 4 is 0 Å². The molecule has 1 unspecified atom stereocenters. The van der Waals surface area contributed by atoms with Crippen molar-refractivity contribution in [2.75, 3.05) is 19.6 Å². The van der Waals surface area contributed by atoms with Crippen molar-refractivity contribution in [3.05, 3.63) is 17.5 Å². The molecule has 0 aliphatic carbocycles. The Morgan fingerprint density at radius 1 is 1.39 bits per heavy atom. The van der Waals surface area contributed by atoms with Crippen molar-refractivity contribution in [2.45, 2.75) is 46.1 Å². The van der Waals surface area contributed by atoms with E-state index in [1.807, 2.05) is 11.7 Å². The highest BCUT2D eigenvalue weighted by Gasteiger charge is 2.21. The van der Waals surface area contributed by atoms with Gasteiger partial charge < -0.3 is 5.73 Å². The van der Waals surface area contributed by atoms with Crippen molar-refractivity contribution in [1.82, 2.24) is 14.7 Å². The Morgan fingerprint density at radius 3 is 2.61 bits per heavy atom. The van der Waals surface area contributed by atoms with Crippen LogP contribution in [0.1, 0.15) is 50.9 Å². The van der Waals surface area contributed by atoms with E-state index in [4.69, 9.17) is 5.73 Å². The fourth-order valence-corrected chi connectivity index (χ4v) is 2.47. The summed E-state index contributed by atoms with van der Waals surface area (Å²) in [5, 5.41) is 4.53. The van der Waals surface area contributed by atoms with Gasteiger partial charge in [-0.1, -0.05) is 27.2 Å². The first kappa shape index (κ1) is 15.2. The molecule has 1 atom stereocenters. The average Bonchev–Trinajstić information content (AvgIpc) is 2.75. The first-order valence-electron chi connectivity index (χ1n) is 7.14. The maximum absolute atomic E-state index is 6.01. The highest BCUT2D eigenvalue weighted by molar-refractivity contribution is 5.22.